The Labute approximate surface area is 157 Å². The maximum absolute atomic E-state index is 12.7. The van der Waals surface area contributed by atoms with Gasteiger partial charge in [-0.1, -0.05) is 26.8 Å². The van der Waals surface area contributed by atoms with E-state index in [0.29, 0.717) is 17.0 Å². The highest BCUT2D eigenvalue weighted by Gasteiger charge is 2.27. The van der Waals surface area contributed by atoms with Gasteiger partial charge in [0.2, 0.25) is 5.91 Å². The molecule has 5 nitrogen and oxygen atoms in total. The first-order chi connectivity index (χ1) is 12.2. The molecule has 3 rings (SSSR count). The van der Waals surface area contributed by atoms with Crippen LogP contribution in [0.4, 0.5) is 0 Å². The SMILES string of the molecule is Cc1c(C(C)(C)C)s/c(=N\C(=O)c2cccc(C(N)=O)c2)n1CC1CC1. The second-order valence-electron chi connectivity index (χ2n) is 7.97. The number of hydrogen-bond acceptors (Lipinski definition) is 3. The van der Waals surface area contributed by atoms with E-state index in [2.05, 4.69) is 37.3 Å². The fourth-order valence-corrected chi connectivity index (χ4v) is 4.19. The summed E-state index contributed by atoms with van der Waals surface area (Å²) in [4.78, 5) is 30.4. The molecule has 0 unspecified atom stereocenters. The van der Waals surface area contributed by atoms with Crippen LogP contribution in [-0.4, -0.2) is 16.4 Å². The molecule has 0 saturated heterocycles. The van der Waals surface area contributed by atoms with E-state index in [0.717, 1.165) is 11.3 Å². The number of aromatic nitrogens is 1. The van der Waals surface area contributed by atoms with Gasteiger partial charge in [-0.25, -0.2) is 0 Å². The second-order valence-corrected chi connectivity index (χ2v) is 8.94. The molecule has 6 heteroatoms. The number of thiazole rings is 1. The maximum atomic E-state index is 12.7. The molecule has 0 atom stereocenters. The Morgan fingerprint density at radius 1 is 1.27 bits per heavy atom. The lowest BCUT2D eigenvalue weighted by Crippen LogP contribution is -2.20. The molecule has 2 amide bonds. The molecule has 1 heterocycles. The van der Waals surface area contributed by atoms with E-state index >= 15 is 0 Å². The monoisotopic (exact) mass is 371 g/mol. The van der Waals surface area contributed by atoms with E-state index in [4.69, 9.17) is 5.73 Å². The molecule has 2 N–H and O–H groups in total. The molecule has 0 spiro atoms. The Morgan fingerprint density at radius 3 is 2.50 bits per heavy atom. The number of benzene rings is 1. The van der Waals surface area contributed by atoms with Crippen LogP contribution >= 0.6 is 11.3 Å². The minimum Gasteiger partial charge on any atom is -0.366 e. The lowest BCUT2D eigenvalue weighted by atomic mass is 9.93. The van der Waals surface area contributed by atoms with E-state index in [9.17, 15) is 9.59 Å². The number of hydrogen-bond donors (Lipinski definition) is 1. The number of nitrogens with two attached hydrogens (primary N) is 1. The number of nitrogens with zero attached hydrogens (tertiary/aromatic N) is 2. The lowest BCUT2D eigenvalue weighted by Gasteiger charge is -2.17. The smallest absolute Gasteiger partial charge is 0.279 e. The number of carbonyl (C=O) groups is 2. The third-order valence-corrected chi connectivity index (χ3v) is 6.17. The zero-order valence-electron chi connectivity index (χ0n) is 15.7. The van der Waals surface area contributed by atoms with Crippen molar-refractivity contribution in [1.82, 2.24) is 4.57 Å². The quantitative estimate of drug-likeness (QED) is 0.894. The first-order valence-corrected chi connectivity index (χ1v) is 9.68. The van der Waals surface area contributed by atoms with Crippen LogP contribution in [0.15, 0.2) is 29.3 Å². The van der Waals surface area contributed by atoms with Crippen molar-refractivity contribution in [2.75, 3.05) is 0 Å². The van der Waals surface area contributed by atoms with Gasteiger partial charge in [0, 0.05) is 28.2 Å². The Hall–Kier alpha value is -2.21. The summed E-state index contributed by atoms with van der Waals surface area (Å²) >= 11 is 1.58. The summed E-state index contributed by atoms with van der Waals surface area (Å²) in [5.41, 5.74) is 7.19. The molecule has 1 fully saturated rings. The highest BCUT2D eigenvalue weighted by atomic mass is 32.1. The molecule has 1 aliphatic rings. The second kappa shape index (κ2) is 6.83. The standard InChI is InChI=1S/C20H25N3O2S/c1-12-16(20(2,3)4)26-19(23(12)11-13-8-9-13)22-18(25)15-7-5-6-14(10-15)17(21)24/h5-7,10,13H,8-9,11H2,1-4H3,(H2,21,24)/b22-19-. The third kappa shape index (κ3) is 3.96. The van der Waals surface area contributed by atoms with Gasteiger partial charge >= 0.3 is 0 Å². The van der Waals surface area contributed by atoms with Gasteiger partial charge in [0.15, 0.2) is 4.80 Å². The molecule has 0 bridgehead atoms. The Balaban J connectivity index is 2.05. The molecule has 138 valence electrons. The zero-order valence-corrected chi connectivity index (χ0v) is 16.5. The van der Waals surface area contributed by atoms with E-state index in [1.807, 2.05) is 0 Å². The molecule has 1 aromatic heterocycles. The van der Waals surface area contributed by atoms with Crippen LogP contribution in [0.1, 0.15) is 64.9 Å². The minimum absolute atomic E-state index is 0.00273. The van der Waals surface area contributed by atoms with Gasteiger partial charge in [-0.2, -0.15) is 4.99 Å². The molecule has 2 aromatic rings. The van der Waals surface area contributed by atoms with E-state index in [1.54, 1.807) is 29.5 Å². The number of primary amides is 1. The van der Waals surface area contributed by atoms with Crippen molar-refractivity contribution < 1.29 is 9.59 Å². The maximum Gasteiger partial charge on any atom is 0.279 e. The minimum atomic E-state index is -0.551. The topological polar surface area (TPSA) is 77.5 Å². The average molecular weight is 372 g/mol. The van der Waals surface area contributed by atoms with Crippen LogP contribution in [0.3, 0.4) is 0 Å². The zero-order chi connectivity index (χ0) is 19.1. The van der Waals surface area contributed by atoms with Crippen molar-refractivity contribution in [1.29, 1.82) is 0 Å². The molecular formula is C20H25N3O2S. The summed E-state index contributed by atoms with van der Waals surface area (Å²) < 4.78 is 2.18. The van der Waals surface area contributed by atoms with Crippen molar-refractivity contribution in [2.45, 2.75) is 52.5 Å². The van der Waals surface area contributed by atoms with Crippen LogP contribution < -0.4 is 10.5 Å². The van der Waals surface area contributed by atoms with Crippen LogP contribution in [0.2, 0.25) is 0 Å². The predicted octanol–water partition coefficient (Wildman–Crippen LogP) is 3.41. The van der Waals surface area contributed by atoms with E-state index in [-0.39, 0.29) is 11.3 Å². The van der Waals surface area contributed by atoms with Crippen molar-refractivity contribution in [3.8, 4) is 0 Å². The Morgan fingerprint density at radius 2 is 1.92 bits per heavy atom. The van der Waals surface area contributed by atoms with Crippen molar-refractivity contribution in [3.63, 3.8) is 0 Å². The summed E-state index contributed by atoms with van der Waals surface area (Å²) in [5.74, 6) is -0.215. The fraction of sp³-hybridized carbons (Fsp3) is 0.450. The Kier molecular flexibility index (Phi) is 4.88. The molecular weight excluding hydrogens is 346 g/mol. The molecule has 1 aromatic carbocycles. The van der Waals surface area contributed by atoms with Gasteiger partial charge in [-0.15, -0.1) is 11.3 Å². The molecule has 1 saturated carbocycles. The van der Waals surface area contributed by atoms with Gasteiger partial charge in [0.1, 0.15) is 0 Å². The van der Waals surface area contributed by atoms with Crippen molar-refractivity contribution >= 4 is 23.2 Å². The molecule has 1 aliphatic carbocycles. The molecule has 0 aliphatic heterocycles. The van der Waals surface area contributed by atoms with Crippen LogP contribution in [-0.2, 0) is 12.0 Å². The van der Waals surface area contributed by atoms with Gasteiger partial charge in [0.05, 0.1) is 0 Å². The summed E-state index contributed by atoms with van der Waals surface area (Å²) in [6.45, 7) is 9.54. The largest absolute Gasteiger partial charge is 0.366 e. The average Bonchev–Trinajstić information content (AvgIpc) is 3.33. The van der Waals surface area contributed by atoms with E-state index in [1.165, 1.54) is 29.5 Å². The van der Waals surface area contributed by atoms with Crippen LogP contribution in [0.5, 0.6) is 0 Å². The van der Waals surface area contributed by atoms with Gasteiger partial charge in [-0.3, -0.25) is 9.59 Å². The summed E-state index contributed by atoms with van der Waals surface area (Å²) in [5, 5.41) is 0. The van der Waals surface area contributed by atoms with Crippen molar-refractivity contribution in [3.05, 3.63) is 50.8 Å². The summed E-state index contributed by atoms with van der Waals surface area (Å²) in [6.07, 6.45) is 2.47. The number of carbonyl (C=O) groups excluding carboxylic acids is 2. The Bertz CT molecular complexity index is 927. The first-order valence-electron chi connectivity index (χ1n) is 8.86. The molecule has 26 heavy (non-hydrogen) atoms. The number of amides is 2. The summed E-state index contributed by atoms with van der Waals surface area (Å²) in [7, 11) is 0. The number of rotatable bonds is 4. The van der Waals surface area contributed by atoms with Crippen LogP contribution in [0, 0.1) is 12.8 Å². The van der Waals surface area contributed by atoms with Crippen LogP contribution in [0.25, 0.3) is 0 Å². The van der Waals surface area contributed by atoms with E-state index < -0.39 is 5.91 Å². The molecule has 0 radical (unpaired) electrons. The fourth-order valence-electron chi connectivity index (χ4n) is 3.00. The van der Waals surface area contributed by atoms with Gasteiger partial charge < -0.3 is 10.3 Å². The summed E-state index contributed by atoms with van der Waals surface area (Å²) in [6, 6.07) is 6.42. The predicted molar refractivity (Wildman–Crippen MR) is 103 cm³/mol. The third-order valence-electron chi connectivity index (χ3n) is 4.57. The first kappa shape index (κ1) is 18.6. The highest BCUT2D eigenvalue weighted by molar-refractivity contribution is 7.09. The lowest BCUT2D eigenvalue weighted by molar-refractivity contribution is 0.0997. The van der Waals surface area contributed by atoms with Gasteiger partial charge in [-0.05, 0) is 49.3 Å². The van der Waals surface area contributed by atoms with Crippen molar-refractivity contribution in [2.24, 2.45) is 16.6 Å². The normalized spacial score (nSPS) is 15.3. The van der Waals surface area contributed by atoms with Gasteiger partial charge in [0.25, 0.3) is 5.91 Å². The highest BCUT2D eigenvalue weighted by Crippen LogP contribution is 2.33.